The molecule has 3 nitrogen and oxygen atoms in total. The summed E-state index contributed by atoms with van der Waals surface area (Å²) in [6.07, 6.45) is -4.39. The van der Waals surface area contributed by atoms with Crippen molar-refractivity contribution in [1.29, 1.82) is 0 Å². The summed E-state index contributed by atoms with van der Waals surface area (Å²) in [7, 11) is 0. The van der Waals surface area contributed by atoms with Crippen molar-refractivity contribution in [3.63, 3.8) is 0 Å². The van der Waals surface area contributed by atoms with Gasteiger partial charge in [-0.15, -0.1) is 4.33 Å². The summed E-state index contributed by atoms with van der Waals surface area (Å²) in [5.74, 6) is 0. The fourth-order valence-corrected chi connectivity index (χ4v) is 1.20. The van der Waals surface area contributed by atoms with Crippen molar-refractivity contribution < 1.29 is 27.8 Å². The molecular weight excluding hydrogens is 221 g/mol. The summed E-state index contributed by atoms with van der Waals surface area (Å²) >= 11 is 0.478. The molecule has 14 heavy (non-hydrogen) atoms. The summed E-state index contributed by atoms with van der Waals surface area (Å²) < 4.78 is 40.5. The highest BCUT2D eigenvalue weighted by Gasteiger charge is 2.30. The first-order chi connectivity index (χ1) is 6.54. The van der Waals surface area contributed by atoms with Crippen LogP contribution in [0.1, 0.15) is 5.56 Å². The molecule has 7 heteroatoms. The summed E-state index contributed by atoms with van der Waals surface area (Å²) in [5, 5.41) is 11.0. The second-order valence-electron chi connectivity index (χ2n) is 2.25. The molecule has 78 valence electrons. The lowest BCUT2D eigenvalue weighted by Crippen LogP contribution is -2.04. The Bertz CT molecular complexity index is 302. The molecule has 0 fully saturated rings. The van der Waals surface area contributed by atoms with Gasteiger partial charge in [-0.3, -0.25) is 0 Å². The summed E-state index contributed by atoms with van der Waals surface area (Å²) in [4.78, 5) is 0.175. The second kappa shape index (κ2) is 4.65. The topological polar surface area (TPSA) is 38.7 Å². The molecule has 0 amide bonds. The van der Waals surface area contributed by atoms with Gasteiger partial charge in [-0.25, -0.2) is 5.26 Å². The predicted molar refractivity (Wildman–Crippen MR) is 42.1 cm³/mol. The minimum absolute atomic E-state index is 0.175. The van der Waals surface area contributed by atoms with Gasteiger partial charge in [0.15, 0.2) is 0 Å². The van der Waals surface area contributed by atoms with Crippen molar-refractivity contribution in [2.75, 3.05) is 0 Å². The quantitative estimate of drug-likeness (QED) is 0.488. The lowest BCUT2D eigenvalue weighted by molar-refractivity contribution is -0.432. The van der Waals surface area contributed by atoms with Crippen molar-refractivity contribution >= 4 is 12.0 Å². The van der Waals surface area contributed by atoms with Gasteiger partial charge >= 0.3 is 6.18 Å². The van der Waals surface area contributed by atoms with Gasteiger partial charge in [-0.2, -0.15) is 13.2 Å². The molecule has 0 saturated heterocycles. The number of hydrogen-bond donors (Lipinski definition) is 1. The number of halogens is 3. The molecule has 1 rings (SSSR count). The maximum Gasteiger partial charge on any atom is 0.416 e. The van der Waals surface area contributed by atoms with Crippen LogP contribution in [0.4, 0.5) is 13.2 Å². The molecule has 0 aliphatic carbocycles. The van der Waals surface area contributed by atoms with E-state index in [0.29, 0.717) is 12.0 Å². The lowest BCUT2D eigenvalue weighted by atomic mass is 10.2. The Kier molecular flexibility index (Phi) is 3.76. The summed E-state index contributed by atoms with van der Waals surface area (Å²) in [6, 6.07) is 4.43. The van der Waals surface area contributed by atoms with E-state index < -0.39 is 11.7 Å². The Hall–Kier alpha value is -0.760. The zero-order valence-electron chi connectivity index (χ0n) is 6.62. The van der Waals surface area contributed by atoms with Crippen molar-refractivity contribution in [2.45, 2.75) is 11.1 Å². The van der Waals surface area contributed by atoms with Gasteiger partial charge in [0.2, 0.25) is 0 Å². The molecule has 0 atom stereocenters. The molecule has 1 aromatic rings. The predicted octanol–water partition coefficient (Wildman–Crippen LogP) is 3.13. The lowest BCUT2D eigenvalue weighted by Gasteiger charge is -2.06. The third-order valence-corrected chi connectivity index (χ3v) is 1.90. The molecule has 1 N–H and O–H groups in total. The first-order valence-electron chi connectivity index (χ1n) is 3.36. The van der Waals surface area contributed by atoms with E-state index in [1.807, 2.05) is 0 Å². The molecule has 0 radical (unpaired) electrons. The third kappa shape index (κ3) is 3.18. The SMILES string of the molecule is OOOSc1cccc(C(F)(F)F)c1. The molecule has 0 saturated carbocycles. The summed E-state index contributed by atoms with van der Waals surface area (Å²) in [6.45, 7) is 0. The Morgan fingerprint density at radius 2 is 2.00 bits per heavy atom. The highest BCUT2D eigenvalue weighted by Crippen LogP contribution is 2.31. The second-order valence-corrected chi connectivity index (χ2v) is 3.03. The largest absolute Gasteiger partial charge is 0.416 e. The van der Waals surface area contributed by atoms with Crippen molar-refractivity contribution in [3.8, 4) is 0 Å². The van der Waals surface area contributed by atoms with Crippen LogP contribution in [0.3, 0.4) is 0 Å². The zero-order valence-corrected chi connectivity index (χ0v) is 7.43. The maximum absolute atomic E-state index is 12.2. The van der Waals surface area contributed by atoms with E-state index in [4.69, 9.17) is 5.26 Å². The van der Waals surface area contributed by atoms with Crippen molar-refractivity contribution in [1.82, 2.24) is 0 Å². The Balaban J connectivity index is 2.79. The molecule has 0 spiro atoms. The van der Waals surface area contributed by atoms with Crippen LogP contribution in [0.2, 0.25) is 0 Å². The molecule has 0 aliphatic rings. The average Bonchev–Trinajstić information content (AvgIpc) is 2.14. The highest BCUT2D eigenvalue weighted by molar-refractivity contribution is 7.94. The fourth-order valence-electron chi connectivity index (χ4n) is 0.779. The van der Waals surface area contributed by atoms with Crippen LogP contribution < -0.4 is 0 Å². The fraction of sp³-hybridized carbons (Fsp3) is 0.143. The van der Waals surface area contributed by atoms with Gasteiger partial charge in [0, 0.05) is 4.90 Å². The maximum atomic E-state index is 12.2. The van der Waals surface area contributed by atoms with Crippen LogP contribution in [0.25, 0.3) is 0 Å². The molecule has 1 aromatic carbocycles. The van der Waals surface area contributed by atoms with E-state index in [0.717, 1.165) is 12.1 Å². The summed E-state index contributed by atoms with van der Waals surface area (Å²) in [5.41, 5.74) is -0.788. The number of hydrogen-bond acceptors (Lipinski definition) is 4. The van der Waals surface area contributed by atoms with E-state index >= 15 is 0 Å². The zero-order chi connectivity index (χ0) is 10.6. The van der Waals surface area contributed by atoms with Crippen LogP contribution in [0.5, 0.6) is 0 Å². The van der Waals surface area contributed by atoms with Crippen molar-refractivity contribution in [2.24, 2.45) is 0 Å². The van der Waals surface area contributed by atoms with E-state index in [2.05, 4.69) is 9.37 Å². The molecular formula is C7H5F3O3S. The molecule has 0 bridgehead atoms. The van der Waals surface area contributed by atoms with Crippen LogP contribution >= 0.6 is 12.0 Å². The van der Waals surface area contributed by atoms with Gasteiger partial charge in [-0.05, 0) is 18.2 Å². The van der Waals surface area contributed by atoms with E-state index in [-0.39, 0.29) is 4.90 Å². The van der Waals surface area contributed by atoms with Gasteiger partial charge < -0.3 is 0 Å². The standard InChI is InChI=1S/C7H5F3O3S/c8-7(9,10)5-2-1-3-6(4-5)14-13-12-11/h1-4,11H. The first kappa shape index (κ1) is 11.3. The van der Waals surface area contributed by atoms with Crippen molar-refractivity contribution in [3.05, 3.63) is 29.8 Å². The van der Waals surface area contributed by atoms with Gasteiger partial charge in [0.1, 0.15) is 0 Å². The Morgan fingerprint density at radius 3 is 2.57 bits per heavy atom. The van der Waals surface area contributed by atoms with Gasteiger partial charge in [0.05, 0.1) is 17.6 Å². The molecule has 0 aliphatic heterocycles. The van der Waals surface area contributed by atoms with Crippen LogP contribution in [0.15, 0.2) is 29.2 Å². The van der Waals surface area contributed by atoms with E-state index in [1.54, 1.807) is 0 Å². The number of alkyl halides is 3. The Morgan fingerprint density at radius 1 is 1.29 bits per heavy atom. The number of benzene rings is 1. The Labute approximate surface area is 81.5 Å². The highest BCUT2D eigenvalue weighted by atomic mass is 32.2. The van der Waals surface area contributed by atoms with E-state index in [9.17, 15) is 13.2 Å². The van der Waals surface area contributed by atoms with Gasteiger partial charge in [-0.1, -0.05) is 11.1 Å². The minimum Gasteiger partial charge on any atom is -0.220 e. The monoisotopic (exact) mass is 226 g/mol. The molecule has 0 aromatic heterocycles. The first-order valence-corrected chi connectivity index (χ1v) is 4.10. The van der Waals surface area contributed by atoms with E-state index in [1.165, 1.54) is 12.1 Å². The van der Waals surface area contributed by atoms with Gasteiger partial charge in [0.25, 0.3) is 0 Å². The van der Waals surface area contributed by atoms with Crippen LogP contribution in [0, 0.1) is 0 Å². The van der Waals surface area contributed by atoms with Crippen LogP contribution in [-0.4, -0.2) is 5.26 Å². The average molecular weight is 226 g/mol. The minimum atomic E-state index is -4.39. The number of rotatable bonds is 3. The normalized spacial score (nSPS) is 11.7. The van der Waals surface area contributed by atoms with Crippen LogP contribution in [-0.2, 0) is 15.5 Å². The third-order valence-electron chi connectivity index (χ3n) is 1.32. The molecule has 0 unspecified atom stereocenters. The smallest absolute Gasteiger partial charge is 0.220 e. The molecule has 0 heterocycles.